The number of amides is 1. The highest BCUT2D eigenvalue weighted by Crippen LogP contribution is 2.21. The largest absolute Gasteiger partial charge is 0.509 e. The van der Waals surface area contributed by atoms with Crippen LogP contribution in [0.1, 0.15) is 44.4 Å². The molecule has 0 spiro atoms. The molecule has 6 N–H and O–H groups in total. The van der Waals surface area contributed by atoms with Crippen molar-refractivity contribution in [1.29, 1.82) is 0 Å². The molecular weight excluding hydrogens is 500 g/mol. The summed E-state index contributed by atoms with van der Waals surface area (Å²) in [6.45, 7) is 5.20. The second-order valence-corrected chi connectivity index (χ2v) is 10.3. The third-order valence-corrected chi connectivity index (χ3v) is 5.91. The molecule has 210 valence electrons. The lowest BCUT2D eigenvalue weighted by atomic mass is 10.0. The molecule has 1 heterocycles. The number of ether oxygens (including phenoxy) is 4. The van der Waals surface area contributed by atoms with E-state index in [0.717, 1.165) is 22.0 Å². The van der Waals surface area contributed by atoms with Gasteiger partial charge in [0.1, 0.15) is 23.9 Å². The molecule has 0 aliphatic rings. The highest BCUT2D eigenvalue weighted by Gasteiger charge is 2.29. The van der Waals surface area contributed by atoms with Crippen LogP contribution in [0, 0.1) is 0 Å². The molecule has 1 amide bonds. The van der Waals surface area contributed by atoms with E-state index in [1.807, 2.05) is 60.7 Å². The van der Waals surface area contributed by atoms with Crippen LogP contribution in [-0.4, -0.2) is 54.3 Å². The minimum Gasteiger partial charge on any atom is -0.443 e. The molecule has 10 nitrogen and oxygen atoms in total. The number of carbonyl (C=O) groups is 2. The fourth-order valence-corrected chi connectivity index (χ4v) is 4.12. The van der Waals surface area contributed by atoms with E-state index >= 15 is 0 Å². The number of hydrogen-bond donors (Lipinski definition) is 3. The summed E-state index contributed by atoms with van der Waals surface area (Å²) in [5, 5.41) is 0.943. The van der Waals surface area contributed by atoms with Crippen LogP contribution in [-0.2, 0) is 25.4 Å². The molecule has 0 radical (unpaired) electrons. The van der Waals surface area contributed by atoms with Crippen LogP contribution in [0.2, 0.25) is 0 Å². The van der Waals surface area contributed by atoms with Crippen molar-refractivity contribution in [2.75, 3.05) is 13.2 Å². The molecule has 0 saturated carbocycles. The summed E-state index contributed by atoms with van der Waals surface area (Å²) in [5.41, 5.74) is 19.7. The zero-order valence-corrected chi connectivity index (χ0v) is 22.6. The monoisotopic (exact) mass is 538 g/mol. The molecule has 10 heteroatoms. The second kappa shape index (κ2) is 13.9. The van der Waals surface area contributed by atoms with E-state index in [1.54, 1.807) is 27.0 Å². The first kappa shape index (κ1) is 29.8. The van der Waals surface area contributed by atoms with Crippen molar-refractivity contribution < 1.29 is 28.5 Å². The number of rotatable bonds is 12. The van der Waals surface area contributed by atoms with Crippen molar-refractivity contribution in [3.63, 3.8) is 0 Å². The van der Waals surface area contributed by atoms with Crippen LogP contribution in [0.25, 0.3) is 10.9 Å². The topological polar surface area (TPSA) is 162 Å². The Morgan fingerprint density at radius 1 is 0.974 bits per heavy atom. The van der Waals surface area contributed by atoms with Gasteiger partial charge in [0.2, 0.25) is 0 Å². The van der Waals surface area contributed by atoms with E-state index in [9.17, 15) is 9.59 Å². The minimum atomic E-state index is -0.947. The Hall–Kier alpha value is -3.73. The van der Waals surface area contributed by atoms with Crippen molar-refractivity contribution in [3.05, 3.63) is 78.0 Å². The molecule has 4 unspecified atom stereocenters. The van der Waals surface area contributed by atoms with Crippen LogP contribution in [0.15, 0.2) is 66.9 Å². The molecule has 3 aromatic rings. The van der Waals surface area contributed by atoms with Gasteiger partial charge in [0.15, 0.2) is 0 Å². The minimum absolute atomic E-state index is 0.0248. The molecule has 4 atom stereocenters. The molecule has 0 aliphatic heterocycles. The fraction of sp³-hybridized carbons (Fsp3) is 0.414. The molecular formula is C29H38N4O6. The first-order valence-corrected chi connectivity index (χ1v) is 12.9. The van der Waals surface area contributed by atoms with Crippen molar-refractivity contribution in [1.82, 2.24) is 4.98 Å². The second-order valence-electron chi connectivity index (χ2n) is 10.3. The molecule has 3 rings (SSSR count). The lowest BCUT2D eigenvalue weighted by Crippen LogP contribution is -2.43. The van der Waals surface area contributed by atoms with Crippen LogP contribution < -0.4 is 17.2 Å². The summed E-state index contributed by atoms with van der Waals surface area (Å²) in [5.74, 6) is 0. The smallest absolute Gasteiger partial charge is 0.443 e. The summed E-state index contributed by atoms with van der Waals surface area (Å²) in [7, 11) is 0. The maximum absolute atomic E-state index is 12.5. The summed E-state index contributed by atoms with van der Waals surface area (Å²) in [6, 6.07) is 18.6. The van der Waals surface area contributed by atoms with E-state index in [-0.39, 0.29) is 19.6 Å². The SMILES string of the molecule is CC(C)(C)OC(=O)OC(COC(CN)C(Cc1ccc2ncccc2c1)OC(N)=O)CC(N)c1ccccc1. The number of aromatic nitrogens is 1. The lowest BCUT2D eigenvalue weighted by molar-refractivity contribution is -0.0856. The third-order valence-electron chi connectivity index (χ3n) is 5.91. The predicted molar refractivity (Wildman–Crippen MR) is 148 cm³/mol. The van der Waals surface area contributed by atoms with Crippen molar-refractivity contribution >= 4 is 23.2 Å². The Kier molecular flexibility index (Phi) is 10.6. The maximum Gasteiger partial charge on any atom is 0.509 e. The molecule has 0 bridgehead atoms. The average Bonchev–Trinajstić information content (AvgIpc) is 2.87. The Morgan fingerprint density at radius 3 is 2.38 bits per heavy atom. The Labute approximate surface area is 228 Å². The van der Waals surface area contributed by atoms with Gasteiger partial charge in [-0.2, -0.15) is 0 Å². The van der Waals surface area contributed by atoms with E-state index in [0.29, 0.717) is 6.42 Å². The predicted octanol–water partition coefficient (Wildman–Crippen LogP) is 4.00. The van der Waals surface area contributed by atoms with Gasteiger partial charge in [-0.05, 0) is 50.1 Å². The Bertz CT molecular complexity index is 1220. The van der Waals surface area contributed by atoms with Crippen LogP contribution in [0.5, 0.6) is 0 Å². The molecule has 0 aliphatic carbocycles. The fourth-order valence-electron chi connectivity index (χ4n) is 4.12. The maximum atomic E-state index is 12.5. The standard InChI is InChI=1S/C29H38N4O6/c1-29(2,3)39-28(35)37-22(16-23(31)20-8-5-4-6-9-20)18-36-26(17-30)25(38-27(32)34)15-19-11-12-24-21(14-19)10-7-13-33-24/h4-14,22-23,25-26H,15-18,30-31H2,1-3H3,(H2,32,34). The summed E-state index contributed by atoms with van der Waals surface area (Å²) in [4.78, 5) is 28.5. The van der Waals surface area contributed by atoms with E-state index < -0.39 is 42.2 Å². The van der Waals surface area contributed by atoms with Crippen LogP contribution in [0.3, 0.4) is 0 Å². The average molecular weight is 539 g/mol. The highest BCUT2D eigenvalue weighted by atomic mass is 16.7. The van der Waals surface area contributed by atoms with Gasteiger partial charge < -0.3 is 36.1 Å². The van der Waals surface area contributed by atoms with E-state index in [4.69, 9.17) is 36.1 Å². The van der Waals surface area contributed by atoms with Gasteiger partial charge in [-0.15, -0.1) is 0 Å². The quantitative estimate of drug-likeness (QED) is 0.289. The third kappa shape index (κ3) is 9.82. The number of benzene rings is 2. The van der Waals surface area contributed by atoms with Gasteiger partial charge in [-0.3, -0.25) is 4.98 Å². The molecule has 0 saturated heterocycles. The van der Waals surface area contributed by atoms with Gasteiger partial charge in [0.25, 0.3) is 0 Å². The number of primary amides is 1. The zero-order chi connectivity index (χ0) is 28.4. The van der Waals surface area contributed by atoms with E-state index in [2.05, 4.69) is 4.98 Å². The number of fused-ring (bicyclic) bond motifs is 1. The first-order valence-electron chi connectivity index (χ1n) is 12.9. The van der Waals surface area contributed by atoms with Crippen molar-refractivity contribution in [2.45, 2.75) is 63.6 Å². The first-order chi connectivity index (χ1) is 18.5. The summed E-state index contributed by atoms with van der Waals surface area (Å²) < 4.78 is 22.4. The van der Waals surface area contributed by atoms with Crippen LogP contribution >= 0.6 is 0 Å². The van der Waals surface area contributed by atoms with Gasteiger partial charge in [-0.1, -0.05) is 42.5 Å². The van der Waals surface area contributed by atoms with Crippen molar-refractivity contribution in [3.8, 4) is 0 Å². The Morgan fingerprint density at radius 2 is 1.72 bits per heavy atom. The normalized spacial score (nSPS) is 14.7. The van der Waals surface area contributed by atoms with Crippen molar-refractivity contribution in [2.24, 2.45) is 17.2 Å². The Balaban J connectivity index is 1.74. The van der Waals surface area contributed by atoms with Crippen LogP contribution in [0.4, 0.5) is 9.59 Å². The number of pyridine rings is 1. The molecule has 39 heavy (non-hydrogen) atoms. The zero-order valence-electron chi connectivity index (χ0n) is 22.6. The lowest BCUT2D eigenvalue weighted by Gasteiger charge is -2.29. The number of hydrogen-bond acceptors (Lipinski definition) is 9. The number of nitrogens with zero attached hydrogens (tertiary/aromatic N) is 1. The number of carbonyl (C=O) groups excluding carboxylic acids is 2. The van der Waals surface area contributed by atoms with Gasteiger partial charge >= 0.3 is 12.2 Å². The highest BCUT2D eigenvalue weighted by molar-refractivity contribution is 5.78. The van der Waals surface area contributed by atoms with Gasteiger partial charge in [-0.25, -0.2) is 9.59 Å². The summed E-state index contributed by atoms with van der Waals surface area (Å²) >= 11 is 0. The molecule has 2 aromatic carbocycles. The molecule has 1 aromatic heterocycles. The van der Waals surface area contributed by atoms with E-state index in [1.165, 1.54) is 0 Å². The number of nitrogens with two attached hydrogens (primary N) is 3. The molecule has 0 fully saturated rings. The summed E-state index contributed by atoms with van der Waals surface area (Å²) in [6.07, 6.45) is -1.78. The van der Waals surface area contributed by atoms with Gasteiger partial charge in [0, 0.05) is 37.0 Å². The van der Waals surface area contributed by atoms with Gasteiger partial charge in [0.05, 0.1) is 12.1 Å².